The van der Waals surface area contributed by atoms with Crippen LogP contribution in [0.2, 0.25) is 0 Å². The van der Waals surface area contributed by atoms with E-state index < -0.39 is 0 Å². The zero-order chi connectivity index (χ0) is 11.2. The van der Waals surface area contributed by atoms with Crippen molar-refractivity contribution in [3.63, 3.8) is 0 Å². The smallest absolute Gasteiger partial charge is 0.0722 e. The molecular weight excluding hydrogens is 206 g/mol. The fourth-order valence-electron chi connectivity index (χ4n) is 2.64. The van der Waals surface area contributed by atoms with Crippen molar-refractivity contribution >= 4 is 16.3 Å². The van der Waals surface area contributed by atoms with Crippen LogP contribution in [0.3, 0.4) is 0 Å². The van der Waals surface area contributed by atoms with Crippen molar-refractivity contribution in [2.45, 2.75) is 6.42 Å². The summed E-state index contributed by atoms with van der Waals surface area (Å²) >= 11 is 0. The van der Waals surface area contributed by atoms with Crippen LogP contribution in [0.25, 0.3) is 16.3 Å². The van der Waals surface area contributed by atoms with Crippen molar-refractivity contribution in [2.75, 3.05) is 0 Å². The lowest BCUT2D eigenvalue weighted by atomic mass is 10.0. The van der Waals surface area contributed by atoms with Gasteiger partial charge >= 0.3 is 0 Å². The summed E-state index contributed by atoms with van der Waals surface area (Å²) in [5, 5.41) is 5.00. The molecule has 0 radical (unpaired) electrons. The Hall–Kier alpha value is -2.15. The SMILES string of the molecule is C1=CC2=c3c(ccc4ccccc34)=NC2=CC1. The topological polar surface area (TPSA) is 12.4 Å². The Balaban J connectivity index is 2.32. The molecule has 0 spiro atoms. The molecule has 1 aliphatic carbocycles. The van der Waals surface area contributed by atoms with Crippen molar-refractivity contribution in [1.82, 2.24) is 0 Å². The summed E-state index contributed by atoms with van der Waals surface area (Å²) < 4.78 is 0. The molecule has 2 aromatic rings. The van der Waals surface area contributed by atoms with Crippen LogP contribution < -0.4 is 10.6 Å². The van der Waals surface area contributed by atoms with Crippen LogP contribution >= 0.6 is 0 Å². The lowest BCUT2D eigenvalue weighted by molar-refractivity contribution is 1.25. The third-order valence-corrected chi connectivity index (χ3v) is 3.43. The maximum Gasteiger partial charge on any atom is 0.0722 e. The third-order valence-electron chi connectivity index (χ3n) is 3.43. The molecule has 1 heterocycles. The summed E-state index contributed by atoms with van der Waals surface area (Å²) in [7, 11) is 0. The Bertz CT molecular complexity index is 807. The van der Waals surface area contributed by atoms with Crippen molar-refractivity contribution in [1.29, 1.82) is 0 Å². The summed E-state index contributed by atoms with van der Waals surface area (Å²) in [5.74, 6) is 0. The predicted octanol–water partition coefficient (Wildman–Crippen LogP) is 2.47. The van der Waals surface area contributed by atoms with Crippen LogP contribution in [0.1, 0.15) is 6.42 Å². The third kappa shape index (κ3) is 1.17. The first-order chi connectivity index (χ1) is 8.43. The second kappa shape index (κ2) is 3.17. The van der Waals surface area contributed by atoms with E-state index in [0.717, 1.165) is 17.5 Å². The van der Waals surface area contributed by atoms with Gasteiger partial charge in [0.05, 0.1) is 11.1 Å². The van der Waals surface area contributed by atoms with Gasteiger partial charge in [-0.2, -0.15) is 0 Å². The number of fused-ring (bicyclic) bond motifs is 4. The Morgan fingerprint density at radius 2 is 1.94 bits per heavy atom. The molecule has 0 saturated carbocycles. The van der Waals surface area contributed by atoms with E-state index in [1.165, 1.54) is 21.6 Å². The number of hydrogen-bond acceptors (Lipinski definition) is 1. The van der Waals surface area contributed by atoms with Crippen molar-refractivity contribution < 1.29 is 0 Å². The molecule has 0 atom stereocenters. The summed E-state index contributed by atoms with van der Waals surface area (Å²) in [5.41, 5.74) is 2.42. The molecule has 0 amide bonds. The second-order valence-electron chi connectivity index (χ2n) is 4.43. The summed E-state index contributed by atoms with van der Waals surface area (Å²) in [6, 6.07) is 12.8. The molecule has 4 rings (SSSR count). The van der Waals surface area contributed by atoms with Crippen molar-refractivity contribution in [3.8, 4) is 0 Å². The van der Waals surface area contributed by atoms with Crippen molar-refractivity contribution in [3.05, 3.63) is 70.9 Å². The van der Waals surface area contributed by atoms with Gasteiger partial charge in [0.15, 0.2) is 0 Å². The van der Waals surface area contributed by atoms with Crippen LogP contribution in [0.5, 0.6) is 0 Å². The molecule has 2 aromatic carbocycles. The molecule has 2 aliphatic rings. The first kappa shape index (κ1) is 8.94. The van der Waals surface area contributed by atoms with Crippen LogP contribution in [0.15, 0.2) is 65.3 Å². The number of hydrogen-bond donors (Lipinski definition) is 0. The highest BCUT2D eigenvalue weighted by atomic mass is 14.8. The average molecular weight is 217 g/mol. The quantitative estimate of drug-likeness (QED) is 0.643. The van der Waals surface area contributed by atoms with E-state index in [1.807, 2.05) is 0 Å². The monoisotopic (exact) mass is 217 g/mol. The molecular formula is C16H11N. The minimum Gasteiger partial charge on any atom is -0.248 e. The molecule has 0 N–H and O–H groups in total. The lowest BCUT2D eigenvalue weighted by Crippen LogP contribution is -2.23. The summed E-state index contributed by atoms with van der Waals surface area (Å²) in [6.45, 7) is 0. The second-order valence-corrected chi connectivity index (χ2v) is 4.43. The van der Waals surface area contributed by atoms with E-state index >= 15 is 0 Å². The number of benzene rings is 2. The molecule has 0 fully saturated rings. The Morgan fingerprint density at radius 1 is 1.00 bits per heavy atom. The Kier molecular flexibility index (Phi) is 1.67. The van der Waals surface area contributed by atoms with Crippen LogP contribution in [0, 0.1) is 0 Å². The van der Waals surface area contributed by atoms with Gasteiger partial charge in [0.25, 0.3) is 0 Å². The lowest BCUT2D eigenvalue weighted by Gasteiger charge is -2.03. The van der Waals surface area contributed by atoms with Gasteiger partial charge in [0.2, 0.25) is 0 Å². The van der Waals surface area contributed by atoms with Crippen LogP contribution in [-0.4, -0.2) is 0 Å². The van der Waals surface area contributed by atoms with E-state index in [4.69, 9.17) is 4.99 Å². The fraction of sp³-hybridized carbons (Fsp3) is 0.0625. The van der Waals surface area contributed by atoms with Gasteiger partial charge in [-0.05, 0) is 23.3 Å². The largest absolute Gasteiger partial charge is 0.248 e. The van der Waals surface area contributed by atoms with Gasteiger partial charge in [-0.25, -0.2) is 4.99 Å². The summed E-state index contributed by atoms with van der Waals surface area (Å²) in [4.78, 5) is 4.70. The molecule has 1 nitrogen and oxygen atoms in total. The number of rotatable bonds is 0. The van der Waals surface area contributed by atoms with Crippen LogP contribution in [-0.2, 0) is 0 Å². The number of allylic oxidation sites excluding steroid dienone is 3. The zero-order valence-corrected chi connectivity index (χ0v) is 9.35. The minimum absolute atomic E-state index is 0.994. The molecule has 0 saturated heterocycles. The molecule has 0 unspecified atom stereocenters. The van der Waals surface area contributed by atoms with Gasteiger partial charge in [-0.15, -0.1) is 0 Å². The molecule has 0 bridgehead atoms. The van der Waals surface area contributed by atoms with Gasteiger partial charge in [-0.3, -0.25) is 0 Å². The molecule has 1 heteroatoms. The highest BCUT2D eigenvalue weighted by Gasteiger charge is 2.13. The molecule has 17 heavy (non-hydrogen) atoms. The van der Waals surface area contributed by atoms with E-state index in [0.29, 0.717) is 0 Å². The zero-order valence-electron chi connectivity index (χ0n) is 9.35. The van der Waals surface area contributed by atoms with Gasteiger partial charge in [0.1, 0.15) is 0 Å². The van der Waals surface area contributed by atoms with Gasteiger partial charge in [0, 0.05) is 10.8 Å². The molecule has 1 aliphatic heterocycles. The highest BCUT2D eigenvalue weighted by molar-refractivity contribution is 5.89. The van der Waals surface area contributed by atoms with Crippen molar-refractivity contribution in [2.24, 2.45) is 4.99 Å². The highest BCUT2D eigenvalue weighted by Crippen LogP contribution is 2.22. The van der Waals surface area contributed by atoms with Crippen LogP contribution in [0.4, 0.5) is 0 Å². The number of nitrogens with zero attached hydrogens (tertiary/aromatic N) is 1. The standard InChI is InChI=1S/C16H11N/c1-2-6-12-11(5-1)9-10-15-16(12)13-7-3-4-8-14(13)17-15/h1-3,5-10H,4H2. The predicted molar refractivity (Wildman–Crippen MR) is 70.0 cm³/mol. The minimum atomic E-state index is 0.994. The maximum absolute atomic E-state index is 4.70. The Labute approximate surface area is 99.1 Å². The normalized spacial score (nSPS) is 16.5. The first-order valence-corrected chi connectivity index (χ1v) is 5.91. The van der Waals surface area contributed by atoms with Gasteiger partial charge in [-0.1, -0.05) is 48.6 Å². The molecule has 80 valence electrons. The molecule has 0 aromatic heterocycles. The average Bonchev–Trinajstić information content (AvgIpc) is 2.77. The first-order valence-electron chi connectivity index (χ1n) is 5.91. The maximum atomic E-state index is 4.70. The fourth-order valence-corrected chi connectivity index (χ4v) is 2.64. The van der Waals surface area contributed by atoms with E-state index in [2.05, 4.69) is 54.6 Å². The van der Waals surface area contributed by atoms with Gasteiger partial charge < -0.3 is 0 Å². The Morgan fingerprint density at radius 3 is 2.94 bits per heavy atom. The van der Waals surface area contributed by atoms with E-state index in [1.54, 1.807) is 0 Å². The van der Waals surface area contributed by atoms with E-state index in [9.17, 15) is 0 Å². The van der Waals surface area contributed by atoms with E-state index in [-0.39, 0.29) is 0 Å². The summed E-state index contributed by atoms with van der Waals surface area (Å²) in [6.07, 6.45) is 7.60.